The molecular formula is C14H18ClN5. The number of benzene rings is 1. The SMILES string of the molecule is CCN(CC)c1nc(Cl)nc(Nc2ccc(C)cc2)n1. The van der Waals surface area contributed by atoms with Crippen LogP contribution < -0.4 is 10.2 Å². The molecule has 0 aliphatic rings. The standard InChI is InChI=1S/C14H18ClN5/c1-4-20(5-2)14-18-12(15)17-13(19-14)16-11-8-6-10(3)7-9-11/h6-9H,4-5H2,1-3H3,(H,16,17,18,19). The van der Waals surface area contributed by atoms with Crippen molar-refractivity contribution in [1.82, 2.24) is 15.0 Å². The van der Waals surface area contributed by atoms with Crippen molar-refractivity contribution in [3.05, 3.63) is 35.1 Å². The van der Waals surface area contributed by atoms with E-state index < -0.39 is 0 Å². The van der Waals surface area contributed by atoms with Crippen LogP contribution in [0.15, 0.2) is 24.3 Å². The van der Waals surface area contributed by atoms with Crippen LogP contribution in [0, 0.1) is 6.92 Å². The van der Waals surface area contributed by atoms with E-state index in [1.807, 2.05) is 49.9 Å². The summed E-state index contributed by atoms with van der Waals surface area (Å²) in [7, 11) is 0. The molecule has 0 aliphatic carbocycles. The first kappa shape index (κ1) is 14.5. The van der Waals surface area contributed by atoms with Crippen LogP contribution in [0.5, 0.6) is 0 Å². The largest absolute Gasteiger partial charge is 0.341 e. The van der Waals surface area contributed by atoms with Gasteiger partial charge >= 0.3 is 0 Å². The molecule has 0 saturated heterocycles. The van der Waals surface area contributed by atoms with Gasteiger partial charge in [-0.1, -0.05) is 17.7 Å². The van der Waals surface area contributed by atoms with Crippen molar-refractivity contribution in [1.29, 1.82) is 0 Å². The Balaban J connectivity index is 2.25. The number of hydrogen-bond acceptors (Lipinski definition) is 5. The smallest absolute Gasteiger partial charge is 0.233 e. The molecule has 0 unspecified atom stereocenters. The van der Waals surface area contributed by atoms with E-state index in [4.69, 9.17) is 11.6 Å². The van der Waals surface area contributed by atoms with Crippen LogP contribution in [0.4, 0.5) is 17.6 Å². The van der Waals surface area contributed by atoms with Gasteiger partial charge in [-0.25, -0.2) is 0 Å². The Morgan fingerprint density at radius 2 is 1.70 bits per heavy atom. The van der Waals surface area contributed by atoms with Crippen molar-refractivity contribution in [2.75, 3.05) is 23.3 Å². The lowest BCUT2D eigenvalue weighted by Crippen LogP contribution is -2.24. The highest BCUT2D eigenvalue weighted by Gasteiger charge is 2.10. The summed E-state index contributed by atoms with van der Waals surface area (Å²) in [6, 6.07) is 8.00. The number of rotatable bonds is 5. The van der Waals surface area contributed by atoms with Gasteiger partial charge in [-0.15, -0.1) is 0 Å². The van der Waals surface area contributed by atoms with Crippen molar-refractivity contribution in [2.24, 2.45) is 0 Å². The first-order valence-electron chi connectivity index (χ1n) is 6.62. The minimum atomic E-state index is 0.191. The molecule has 1 aromatic carbocycles. The highest BCUT2D eigenvalue weighted by atomic mass is 35.5. The van der Waals surface area contributed by atoms with Gasteiger partial charge in [-0.2, -0.15) is 15.0 Å². The maximum atomic E-state index is 5.97. The lowest BCUT2D eigenvalue weighted by Gasteiger charge is -2.18. The summed E-state index contributed by atoms with van der Waals surface area (Å²) in [6.45, 7) is 7.78. The van der Waals surface area contributed by atoms with E-state index in [1.54, 1.807) is 0 Å². The Morgan fingerprint density at radius 3 is 2.30 bits per heavy atom. The fourth-order valence-electron chi connectivity index (χ4n) is 1.81. The number of hydrogen-bond donors (Lipinski definition) is 1. The van der Waals surface area contributed by atoms with E-state index in [0.717, 1.165) is 18.8 Å². The number of nitrogens with one attached hydrogen (secondary N) is 1. The second-order valence-electron chi connectivity index (χ2n) is 4.39. The van der Waals surface area contributed by atoms with Gasteiger partial charge in [-0.3, -0.25) is 0 Å². The maximum absolute atomic E-state index is 5.97. The van der Waals surface area contributed by atoms with E-state index in [0.29, 0.717) is 11.9 Å². The molecule has 0 amide bonds. The molecule has 0 bridgehead atoms. The van der Waals surface area contributed by atoms with Crippen LogP contribution >= 0.6 is 11.6 Å². The Labute approximate surface area is 124 Å². The van der Waals surface area contributed by atoms with Crippen molar-refractivity contribution in [3.63, 3.8) is 0 Å². The van der Waals surface area contributed by atoms with Gasteiger partial charge in [0.05, 0.1) is 0 Å². The third-order valence-corrected chi connectivity index (χ3v) is 3.12. The Morgan fingerprint density at radius 1 is 1.05 bits per heavy atom. The van der Waals surface area contributed by atoms with Crippen LogP contribution in [0.2, 0.25) is 5.28 Å². The predicted molar refractivity (Wildman–Crippen MR) is 82.9 cm³/mol. The van der Waals surface area contributed by atoms with Crippen molar-refractivity contribution < 1.29 is 0 Å². The summed E-state index contributed by atoms with van der Waals surface area (Å²) in [5.41, 5.74) is 2.12. The molecule has 1 N–H and O–H groups in total. The van der Waals surface area contributed by atoms with Crippen molar-refractivity contribution in [2.45, 2.75) is 20.8 Å². The predicted octanol–water partition coefficient (Wildman–Crippen LogP) is 3.42. The van der Waals surface area contributed by atoms with Crippen LogP contribution in [0.3, 0.4) is 0 Å². The molecule has 0 spiro atoms. The van der Waals surface area contributed by atoms with Gasteiger partial charge in [0.1, 0.15) is 0 Å². The quantitative estimate of drug-likeness (QED) is 0.915. The molecule has 0 radical (unpaired) electrons. The molecule has 1 aromatic heterocycles. The zero-order valence-corrected chi connectivity index (χ0v) is 12.6. The van der Waals surface area contributed by atoms with E-state index >= 15 is 0 Å². The number of aryl methyl sites for hydroxylation is 1. The molecule has 1 heterocycles. The van der Waals surface area contributed by atoms with Crippen molar-refractivity contribution >= 4 is 29.2 Å². The second kappa shape index (κ2) is 6.52. The Hall–Kier alpha value is -1.88. The third kappa shape index (κ3) is 3.57. The molecule has 0 atom stereocenters. The van der Waals surface area contributed by atoms with Crippen LogP contribution in [-0.2, 0) is 0 Å². The first-order valence-corrected chi connectivity index (χ1v) is 7.00. The van der Waals surface area contributed by atoms with Gasteiger partial charge in [0, 0.05) is 18.8 Å². The zero-order chi connectivity index (χ0) is 14.5. The minimum Gasteiger partial charge on any atom is -0.341 e. The molecule has 5 nitrogen and oxygen atoms in total. The summed E-state index contributed by atoms with van der Waals surface area (Å²) < 4.78 is 0. The van der Waals surface area contributed by atoms with Crippen LogP contribution in [0.25, 0.3) is 0 Å². The van der Waals surface area contributed by atoms with Gasteiger partial charge in [0.15, 0.2) is 0 Å². The summed E-state index contributed by atoms with van der Waals surface area (Å²) >= 11 is 5.97. The fraction of sp³-hybridized carbons (Fsp3) is 0.357. The third-order valence-electron chi connectivity index (χ3n) is 2.95. The number of nitrogens with zero attached hydrogens (tertiary/aromatic N) is 4. The Kier molecular flexibility index (Phi) is 4.74. The molecular weight excluding hydrogens is 274 g/mol. The highest BCUT2D eigenvalue weighted by Crippen LogP contribution is 2.18. The number of halogens is 1. The average molecular weight is 292 g/mol. The molecule has 20 heavy (non-hydrogen) atoms. The van der Waals surface area contributed by atoms with Gasteiger partial charge in [-0.05, 0) is 44.5 Å². The molecule has 2 aromatic rings. The van der Waals surface area contributed by atoms with Crippen molar-refractivity contribution in [3.8, 4) is 0 Å². The Bertz CT molecular complexity index is 566. The lowest BCUT2D eigenvalue weighted by molar-refractivity contribution is 0.814. The molecule has 0 fully saturated rings. The second-order valence-corrected chi connectivity index (χ2v) is 4.73. The monoisotopic (exact) mass is 291 g/mol. The van der Waals surface area contributed by atoms with E-state index in [1.165, 1.54) is 5.56 Å². The average Bonchev–Trinajstić information content (AvgIpc) is 2.42. The molecule has 0 saturated carbocycles. The number of anilines is 3. The molecule has 0 aliphatic heterocycles. The van der Waals surface area contributed by atoms with Crippen LogP contribution in [0.1, 0.15) is 19.4 Å². The lowest BCUT2D eigenvalue weighted by atomic mass is 10.2. The zero-order valence-electron chi connectivity index (χ0n) is 11.9. The number of aromatic nitrogens is 3. The van der Waals surface area contributed by atoms with Gasteiger partial charge < -0.3 is 10.2 Å². The topological polar surface area (TPSA) is 53.9 Å². The maximum Gasteiger partial charge on any atom is 0.233 e. The van der Waals surface area contributed by atoms with Gasteiger partial charge in [0.25, 0.3) is 0 Å². The van der Waals surface area contributed by atoms with Gasteiger partial charge in [0.2, 0.25) is 17.2 Å². The summed E-state index contributed by atoms with van der Waals surface area (Å²) in [6.07, 6.45) is 0. The minimum absolute atomic E-state index is 0.191. The van der Waals surface area contributed by atoms with E-state index in [9.17, 15) is 0 Å². The van der Waals surface area contributed by atoms with E-state index in [2.05, 4.69) is 20.3 Å². The normalized spacial score (nSPS) is 10.4. The summed E-state index contributed by atoms with van der Waals surface area (Å²) in [4.78, 5) is 14.7. The molecule has 106 valence electrons. The first-order chi connectivity index (χ1) is 9.62. The van der Waals surface area contributed by atoms with Crippen LogP contribution in [-0.4, -0.2) is 28.0 Å². The molecule has 2 rings (SSSR count). The molecule has 6 heteroatoms. The highest BCUT2D eigenvalue weighted by molar-refractivity contribution is 6.28. The van der Waals surface area contributed by atoms with E-state index in [-0.39, 0.29) is 5.28 Å². The summed E-state index contributed by atoms with van der Waals surface area (Å²) in [5, 5.41) is 3.33. The summed E-state index contributed by atoms with van der Waals surface area (Å²) in [5.74, 6) is 1.04. The fourth-order valence-corrected chi connectivity index (χ4v) is 1.97.